The van der Waals surface area contributed by atoms with Crippen LogP contribution in [-0.2, 0) is 0 Å². The Morgan fingerprint density at radius 2 is 2.00 bits per heavy atom. The number of pyridine rings is 1. The second kappa shape index (κ2) is 7.06. The van der Waals surface area contributed by atoms with Crippen molar-refractivity contribution >= 4 is 28.2 Å². The lowest BCUT2D eigenvalue weighted by Crippen LogP contribution is -2.27. The van der Waals surface area contributed by atoms with Crippen molar-refractivity contribution in [1.29, 1.82) is 0 Å². The van der Waals surface area contributed by atoms with Crippen LogP contribution in [0.5, 0.6) is 0 Å². The standard InChI is InChI=1S/C19H26ClN3/c1-13-8-14(15(9-13)12-23(2)3)11-22-18-6-7-21-19-10-16(20)4-5-17(18)19/h4-7,10,13-15H,8-9,11-12H2,1-3H3,(H,21,22)/t13-,14?,15?/m1/s1. The quantitative estimate of drug-likeness (QED) is 0.872. The van der Waals surface area contributed by atoms with Crippen LogP contribution in [0.15, 0.2) is 30.5 Å². The van der Waals surface area contributed by atoms with Crippen molar-refractivity contribution in [3.8, 4) is 0 Å². The van der Waals surface area contributed by atoms with E-state index in [1.807, 2.05) is 18.3 Å². The average Bonchev–Trinajstić information content (AvgIpc) is 2.83. The maximum Gasteiger partial charge on any atom is 0.0737 e. The Morgan fingerprint density at radius 3 is 2.78 bits per heavy atom. The van der Waals surface area contributed by atoms with Crippen LogP contribution in [0.4, 0.5) is 5.69 Å². The fourth-order valence-electron chi connectivity index (χ4n) is 3.97. The molecule has 1 aliphatic rings. The molecule has 1 heterocycles. The molecule has 124 valence electrons. The van der Waals surface area contributed by atoms with Gasteiger partial charge in [-0.3, -0.25) is 4.98 Å². The van der Waals surface area contributed by atoms with Crippen LogP contribution < -0.4 is 5.32 Å². The maximum absolute atomic E-state index is 6.07. The highest BCUT2D eigenvalue weighted by Crippen LogP contribution is 2.37. The lowest BCUT2D eigenvalue weighted by molar-refractivity contribution is 0.280. The van der Waals surface area contributed by atoms with Crippen LogP contribution in [0, 0.1) is 17.8 Å². The molecule has 3 nitrogen and oxygen atoms in total. The molecule has 3 atom stereocenters. The number of aromatic nitrogens is 1. The SMILES string of the molecule is C[C@@H]1CC(CNc2ccnc3cc(Cl)ccc23)C(CN(C)C)C1. The van der Waals surface area contributed by atoms with Gasteiger partial charge in [0.05, 0.1) is 5.52 Å². The van der Waals surface area contributed by atoms with Crippen LogP contribution in [0.3, 0.4) is 0 Å². The van der Waals surface area contributed by atoms with Crippen molar-refractivity contribution in [1.82, 2.24) is 9.88 Å². The molecule has 1 fully saturated rings. The van der Waals surface area contributed by atoms with E-state index in [4.69, 9.17) is 11.6 Å². The summed E-state index contributed by atoms with van der Waals surface area (Å²) in [6, 6.07) is 7.98. The summed E-state index contributed by atoms with van der Waals surface area (Å²) in [5.41, 5.74) is 2.11. The lowest BCUT2D eigenvalue weighted by Gasteiger charge is -2.24. The third-order valence-electron chi connectivity index (χ3n) is 4.94. The zero-order chi connectivity index (χ0) is 16.4. The Morgan fingerprint density at radius 1 is 1.22 bits per heavy atom. The Hall–Kier alpha value is -1.32. The van der Waals surface area contributed by atoms with Gasteiger partial charge in [-0.05, 0) is 69.0 Å². The number of nitrogens with one attached hydrogen (secondary N) is 1. The van der Waals surface area contributed by atoms with Gasteiger partial charge in [0.25, 0.3) is 0 Å². The molecule has 0 saturated heterocycles. The minimum atomic E-state index is 0.734. The minimum Gasteiger partial charge on any atom is -0.384 e. The summed E-state index contributed by atoms with van der Waals surface area (Å²) in [6.07, 6.45) is 4.52. The van der Waals surface area contributed by atoms with E-state index in [2.05, 4.69) is 48.4 Å². The minimum absolute atomic E-state index is 0.734. The van der Waals surface area contributed by atoms with E-state index in [0.29, 0.717) is 0 Å². The Labute approximate surface area is 144 Å². The number of rotatable bonds is 5. The summed E-state index contributed by atoms with van der Waals surface area (Å²) in [6.45, 7) is 4.60. The van der Waals surface area contributed by atoms with Crippen molar-refractivity contribution in [2.75, 3.05) is 32.5 Å². The zero-order valence-corrected chi connectivity index (χ0v) is 15.0. The smallest absolute Gasteiger partial charge is 0.0737 e. The van der Waals surface area contributed by atoms with E-state index >= 15 is 0 Å². The topological polar surface area (TPSA) is 28.2 Å². The second-order valence-electron chi connectivity index (χ2n) is 7.26. The Bertz CT molecular complexity index is 671. The molecule has 0 bridgehead atoms. The fraction of sp³-hybridized carbons (Fsp3) is 0.526. The average molecular weight is 332 g/mol. The molecule has 23 heavy (non-hydrogen) atoms. The molecule has 4 heteroatoms. The van der Waals surface area contributed by atoms with E-state index < -0.39 is 0 Å². The number of nitrogens with zero attached hydrogens (tertiary/aromatic N) is 2. The number of hydrogen-bond acceptors (Lipinski definition) is 3. The highest BCUT2D eigenvalue weighted by Gasteiger charge is 2.31. The van der Waals surface area contributed by atoms with E-state index in [-0.39, 0.29) is 0 Å². The normalized spacial score (nSPS) is 24.5. The molecule has 2 unspecified atom stereocenters. The summed E-state index contributed by atoms with van der Waals surface area (Å²) < 4.78 is 0. The van der Waals surface area contributed by atoms with Gasteiger partial charge in [0.15, 0.2) is 0 Å². The van der Waals surface area contributed by atoms with Crippen LogP contribution >= 0.6 is 11.6 Å². The van der Waals surface area contributed by atoms with Crippen molar-refractivity contribution in [2.45, 2.75) is 19.8 Å². The molecule has 3 rings (SSSR count). The largest absolute Gasteiger partial charge is 0.384 e. The maximum atomic E-state index is 6.07. The van der Waals surface area contributed by atoms with Crippen molar-refractivity contribution in [2.24, 2.45) is 17.8 Å². The lowest BCUT2D eigenvalue weighted by atomic mass is 9.95. The van der Waals surface area contributed by atoms with Gasteiger partial charge in [-0.2, -0.15) is 0 Å². The van der Waals surface area contributed by atoms with Crippen LogP contribution in [-0.4, -0.2) is 37.1 Å². The summed E-state index contributed by atoms with van der Waals surface area (Å²) in [7, 11) is 4.35. The van der Waals surface area contributed by atoms with Gasteiger partial charge in [-0.15, -0.1) is 0 Å². The van der Waals surface area contributed by atoms with E-state index in [0.717, 1.165) is 45.9 Å². The highest BCUT2D eigenvalue weighted by atomic mass is 35.5. The van der Waals surface area contributed by atoms with Gasteiger partial charge < -0.3 is 10.2 Å². The second-order valence-corrected chi connectivity index (χ2v) is 7.70. The van der Waals surface area contributed by atoms with E-state index in [1.165, 1.54) is 19.4 Å². The number of benzene rings is 1. The van der Waals surface area contributed by atoms with E-state index in [1.54, 1.807) is 0 Å². The van der Waals surface area contributed by atoms with Crippen molar-refractivity contribution in [3.05, 3.63) is 35.5 Å². The molecule has 0 amide bonds. The summed E-state index contributed by atoms with van der Waals surface area (Å²) in [4.78, 5) is 6.74. The van der Waals surface area contributed by atoms with Crippen LogP contribution in [0.25, 0.3) is 10.9 Å². The molecular weight excluding hydrogens is 306 g/mol. The molecular formula is C19H26ClN3. The van der Waals surface area contributed by atoms with E-state index in [9.17, 15) is 0 Å². The zero-order valence-electron chi connectivity index (χ0n) is 14.2. The van der Waals surface area contributed by atoms with Gasteiger partial charge in [0, 0.05) is 35.4 Å². The Kier molecular flexibility index (Phi) is 5.08. The summed E-state index contributed by atoms with van der Waals surface area (Å²) in [5.74, 6) is 2.36. The first-order valence-corrected chi connectivity index (χ1v) is 8.83. The van der Waals surface area contributed by atoms with Gasteiger partial charge in [0.1, 0.15) is 0 Å². The molecule has 1 aliphatic carbocycles. The van der Waals surface area contributed by atoms with Gasteiger partial charge in [0.2, 0.25) is 0 Å². The highest BCUT2D eigenvalue weighted by molar-refractivity contribution is 6.31. The number of hydrogen-bond donors (Lipinski definition) is 1. The molecule has 0 spiro atoms. The van der Waals surface area contributed by atoms with Crippen LogP contribution in [0.2, 0.25) is 5.02 Å². The number of halogens is 1. The molecule has 1 saturated carbocycles. The molecule has 0 aliphatic heterocycles. The molecule has 1 aromatic heterocycles. The third-order valence-corrected chi connectivity index (χ3v) is 5.17. The summed E-state index contributed by atoms with van der Waals surface area (Å²) >= 11 is 6.07. The molecule has 0 radical (unpaired) electrons. The van der Waals surface area contributed by atoms with Crippen molar-refractivity contribution < 1.29 is 0 Å². The van der Waals surface area contributed by atoms with Gasteiger partial charge >= 0.3 is 0 Å². The Balaban J connectivity index is 1.72. The van der Waals surface area contributed by atoms with Crippen LogP contribution in [0.1, 0.15) is 19.8 Å². The van der Waals surface area contributed by atoms with Gasteiger partial charge in [-0.25, -0.2) is 0 Å². The first-order chi connectivity index (χ1) is 11.0. The predicted molar refractivity (Wildman–Crippen MR) is 99.2 cm³/mol. The number of fused-ring (bicyclic) bond motifs is 1. The van der Waals surface area contributed by atoms with Gasteiger partial charge in [-0.1, -0.05) is 18.5 Å². The van der Waals surface area contributed by atoms with Crippen molar-refractivity contribution in [3.63, 3.8) is 0 Å². The molecule has 2 aromatic rings. The first-order valence-electron chi connectivity index (χ1n) is 8.46. The third kappa shape index (κ3) is 3.96. The molecule has 1 aromatic carbocycles. The predicted octanol–water partition coefficient (Wildman–Crippen LogP) is 4.52. The summed E-state index contributed by atoms with van der Waals surface area (Å²) in [5, 5.41) is 5.55. The monoisotopic (exact) mass is 331 g/mol. The first kappa shape index (κ1) is 16.5. The number of anilines is 1. The fourth-order valence-corrected chi connectivity index (χ4v) is 4.14. The molecule has 1 N–H and O–H groups in total.